The van der Waals surface area contributed by atoms with Crippen molar-refractivity contribution in [1.82, 2.24) is 0 Å². The summed E-state index contributed by atoms with van der Waals surface area (Å²) in [5.41, 5.74) is 8.29. The minimum atomic E-state index is 0.177. The lowest BCUT2D eigenvalue weighted by Gasteiger charge is -2.33. The summed E-state index contributed by atoms with van der Waals surface area (Å²) >= 11 is 0. The van der Waals surface area contributed by atoms with Crippen LogP contribution in [0.3, 0.4) is 0 Å². The Balaban J connectivity index is 1.56. The maximum Gasteiger partial charge on any atom is 0.123 e. The monoisotopic (exact) mass is 289 g/mol. The van der Waals surface area contributed by atoms with Gasteiger partial charge < -0.3 is 15.2 Å². The molecule has 21 heavy (non-hydrogen) atoms. The van der Waals surface area contributed by atoms with Gasteiger partial charge in [-0.1, -0.05) is 37.0 Å². The highest BCUT2D eigenvalue weighted by atomic mass is 16.6. The van der Waals surface area contributed by atoms with Gasteiger partial charge in [-0.2, -0.15) is 0 Å². The van der Waals surface area contributed by atoms with Crippen LogP contribution in [0.4, 0.5) is 0 Å². The van der Waals surface area contributed by atoms with Gasteiger partial charge in [0.1, 0.15) is 12.4 Å². The quantitative estimate of drug-likeness (QED) is 0.919. The zero-order valence-corrected chi connectivity index (χ0v) is 13.1. The van der Waals surface area contributed by atoms with E-state index in [1.807, 2.05) is 6.07 Å². The van der Waals surface area contributed by atoms with E-state index in [2.05, 4.69) is 19.1 Å². The van der Waals surface area contributed by atoms with E-state index in [0.29, 0.717) is 13.2 Å². The Morgan fingerprint density at radius 3 is 2.81 bits per heavy atom. The first-order chi connectivity index (χ1) is 10.2. The lowest BCUT2D eigenvalue weighted by atomic mass is 9.83. The molecule has 3 nitrogen and oxygen atoms in total. The summed E-state index contributed by atoms with van der Waals surface area (Å²) in [6.45, 7) is 3.25. The number of hydrogen-bond donors (Lipinski definition) is 1. The topological polar surface area (TPSA) is 44.5 Å². The summed E-state index contributed by atoms with van der Waals surface area (Å²) in [5, 5.41) is 0. The van der Waals surface area contributed by atoms with Gasteiger partial charge in [0.2, 0.25) is 0 Å². The molecule has 1 aromatic rings. The molecule has 1 aliphatic carbocycles. The molecule has 0 aromatic heterocycles. The van der Waals surface area contributed by atoms with Crippen molar-refractivity contribution >= 4 is 0 Å². The molecule has 1 atom stereocenters. The molecule has 3 heteroatoms. The Labute approximate surface area is 127 Å². The molecule has 1 aromatic carbocycles. The normalized spacial score (nSPS) is 24.4. The molecule has 0 bridgehead atoms. The van der Waals surface area contributed by atoms with Gasteiger partial charge in [0.25, 0.3) is 0 Å². The first-order valence-electron chi connectivity index (χ1n) is 8.31. The van der Waals surface area contributed by atoms with Crippen LogP contribution in [0.2, 0.25) is 0 Å². The van der Waals surface area contributed by atoms with Crippen molar-refractivity contribution in [3.63, 3.8) is 0 Å². The van der Waals surface area contributed by atoms with Gasteiger partial charge in [0.15, 0.2) is 0 Å². The maximum atomic E-state index is 6.35. The number of ether oxygens (including phenoxy) is 2. The van der Waals surface area contributed by atoms with Crippen LogP contribution in [0.15, 0.2) is 18.2 Å². The molecule has 0 amide bonds. The predicted molar refractivity (Wildman–Crippen MR) is 84.5 cm³/mol. The molecule has 1 saturated heterocycles. The Morgan fingerprint density at radius 1 is 1.24 bits per heavy atom. The highest BCUT2D eigenvalue weighted by molar-refractivity contribution is 5.36. The maximum absolute atomic E-state index is 6.35. The summed E-state index contributed by atoms with van der Waals surface area (Å²) in [6.07, 6.45) is 9.07. The number of aryl methyl sites for hydroxylation is 1. The van der Waals surface area contributed by atoms with Gasteiger partial charge in [-0.05, 0) is 38.7 Å². The predicted octanol–water partition coefficient (Wildman–Crippen LogP) is 3.71. The lowest BCUT2D eigenvalue weighted by Crippen LogP contribution is -2.33. The van der Waals surface area contributed by atoms with Gasteiger partial charge in [0.05, 0.1) is 11.7 Å². The first kappa shape index (κ1) is 14.9. The second-order valence-electron chi connectivity index (χ2n) is 6.65. The van der Waals surface area contributed by atoms with Crippen molar-refractivity contribution in [3.05, 3.63) is 29.3 Å². The lowest BCUT2D eigenvalue weighted by molar-refractivity contribution is -0.0749. The van der Waals surface area contributed by atoms with Crippen molar-refractivity contribution in [3.8, 4) is 5.75 Å². The van der Waals surface area contributed by atoms with Crippen molar-refractivity contribution in [2.75, 3.05) is 6.61 Å². The summed E-state index contributed by atoms with van der Waals surface area (Å²) in [5.74, 6) is 0.913. The van der Waals surface area contributed by atoms with Crippen molar-refractivity contribution in [1.29, 1.82) is 0 Å². The first-order valence-corrected chi connectivity index (χ1v) is 8.31. The van der Waals surface area contributed by atoms with Crippen LogP contribution in [-0.4, -0.2) is 18.3 Å². The zero-order valence-electron chi connectivity index (χ0n) is 13.1. The summed E-state index contributed by atoms with van der Waals surface area (Å²) in [7, 11) is 0. The molecule has 2 N–H and O–H groups in total. The van der Waals surface area contributed by atoms with E-state index >= 15 is 0 Å². The Morgan fingerprint density at radius 2 is 2.05 bits per heavy atom. The molecule has 1 heterocycles. The largest absolute Gasteiger partial charge is 0.491 e. The van der Waals surface area contributed by atoms with Crippen LogP contribution in [0.5, 0.6) is 5.75 Å². The van der Waals surface area contributed by atoms with Crippen LogP contribution in [0.25, 0.3) is 0 Å². The molecule has 3 rings (SSSR count). The highest BCUT2D eigenvalue weighted by Gasteiger charge is 2.40. The fourth-order valence-electron chi connectivity index (χ4n) is 3.77. The van der Waals surface area contributed by atoms with Gasteiger partial charge in [0, 0.05) is 12.1 Å². The third kappa shape index (κ3) is 3.41. The third-order valence-electron chi connectivity index (χ3n) is 4.96. The number of benzene rings is 1. The van der Waals surface area contributed by atoms with E-state index in [-0.39, 0.29) is 11.7 Å². The molecule has 1 aliphatic heterocycles. The zero-order chi connectivity index (χ0) is 14.7. The van der Waals surface area contributed by atoms with Gasteiger partial charge >= 0.3 is 0 Å². The molecule has 2 fully saturated rings. The van der Waals surface area contributed by atoms with Crippen LogP contribution >= 0.6 is 0 Å². The molecule has 0 radical (unpaired) electrons. The molecule has 1 saturated carbocycles. The highest BCUT2D eigenvalue weighted by Crippen LogP contribution is 2.42. The van der Waals surface area contributed by atoms with Crippen molar-refractivity contribution in [2.45, 2.75) is 70.1 Å². The van der Waals surface area contributed by atoms with Gasteiger partial charge in [-0.15, -0.1) is 0 Å². The van der Waals surface area contributed by atoms with Gasteiger partial charge in [-0.3, -0.25) is 0 Å². The second kappa shape index (κ2) is 6.37. The SMILES string of the molecule is Cc1ccc(OCC2CCC3(CCCCC3)O2)c(CN)c1. The standard InChI is InChI=1S/C18H27NO2/c1-14-5-6-17(15(11-14)12-19)20-13-16-7-10-18(21-16)8-3-2-4-9-18/h5-6,11,16H,2-4,7-10,12-13,19H2,1H3. The third-order valence-corrected chi connectivity index (χ3v) is 4.96. The molecule has 1 unspecified atom stereocenters. The van der Waals surface area contributed by atoms with Crippen molar-refractivity contribution < 1.29 is 9.47 Å². The van der Waals surface area contributed by atoms with Crippen LogP contribution in [-0.2, 0) is 11.3 Å². The fourth-order valence-corrected chi connectivity index (χ4v) is 3.77. The van der Waals surface area contributed by atoms with Crippen LogP contribution in [0, 0.1) is 6.92 Å². The molecular weight excluding hydrogens is 262 g/mol. The molecule has 1 spiro atoms. The van der Waals surface area contributed by atoms with E-state index < -0.39 is 0 Å². The van der Waals surface area contributed by atoms with E-state index in [9.17, 15) is 0 Å². The number of rotatable bonds is 4. The minimum Gasteiger partial charge on any atom is -0.491 e. The average Bonchev–Trinajstić information content (AvgIpc) is 2.89. The molecular formula is C18H27NO2. The van der Waals surface area contributed by atoms with E-state index in [4.69, 9.17) is 15.2 Å². The average molecular weight is 289 g/mol. The second-order valence-corrected chi connectivity index (χ2v) is 6.65. The van der Waals surface area contributed by atoms with Crippen LogP contribution in [0.1, 0.15) is 56.1 Å². The summed E-state index contributed by atoms with van der Waals surface area (Å²) < 4.78 is 12.3. The Bertz CT molecular complexity index is 480. The Kier molecular flexibility index (Phi) is 4.51. The van der Waals surface area contributed by atoms with E-state index in [0.717, 1.165) is 17.7 Å². The number of nitrogens with two attached hydrogens (primary N) is 1. The smallest absolute Gasteiger partial charge is 0.123 e. The van der Waals surface area contributed by atoms with Gasteiger partial charge in [-0.25, -0.2) is 0 Å². The Hall–Kier alpha value is -1.06. The minimum absolute atomic E-state index is 0.177. The van der Waals surface area contributed by atoms with Crippen LogP contribution < -0.4 is 10.5 Å². The molecule has 2 aliphatic rings. The fraction of sp³-hybridized carbons (Fsp3) is 0.667. The summed E-state index contributed by atoms with van der Waals surface area (Å²) in [4.78, 5) is 0. The van der Waals surface area contributed by atoms with E-state index in [1.54, 1.807) is 0 Å². The summed E-state index contributed by atoms with van der Waals surface area (Å²) in [6, 6.07) is 6.21. The molecule has 116 valence electrons. The number of hydrogen-bond acceptors (Lipinski definition) is 3. The van der Waals surface area contributed by atoms with Crippen molar-refractivity contribution in [2.24, 2.45) is 5.73 Å². The van der Waals surface area contributed by atoms with E-state index in [1.165, 1.54) is 44.1 Å².